The molecule has 1 heterocycles. The maximum atomic E-state index is 12.6. The predicted molar refractivity (Wildman–Crippen MR) is 68.0 cm³/mol. The Kier molecular flexibility index (Phi) is 4.17. The second-order valence-electron chi connectivity index (χ2n) is 4.74. The number of nitrogens with one attached hydrogen (secondary N) is 2. The minimum absolute atomic E-state index is 0.132. The summed E-state index contributed by atoms with van der Waals surface area (Å²) in [5, 5.41) is 14.4. The van der Waals surface area contributed by atoms with E-state index in [1.54, 1.807) is 0 Å². The molecule has 3 N–H and O–H groups in total. The molecule has 0 radical (unpaired) electrons. The van der Waals surface area contributed by atoms with Gasteiger partial charge in [-0.25, -0.2) is 4.79 Å². The number of aromatic carboxylic acids is 1. The van der Waals surface area contributed by atoms with E-state index >= 15 is 0 Å². The monoisotopic (exact) mass is 302 g/mol. The van der Waals surface area contributed by atoms with E-state index in [-0.39, 0.29) is 11.6 Å². The molecule has 8 heteroatoms. The number of anilines is 1. The highest BCUT2D eigenvalue weighted by molar-refractivity contribution is 6.01. The molecule has 0 saturated carbocycles. The lowest BCUT2D eigenvalue weighted by atomic mass is 10.1. The summed E-state index contributed by atoms with van der Waals surface area (Å²) in [4.78, 5) is 23.0. The molecule has 1 amide bonds. The van der Waals surface area contributed by atoms with E-state index in [9.17, 15) is 22.8 Å². The van der Waals surface area contributed by atoms with Crippen LogP contribution in [0.1, 0.15) is 22.3 Å². The number of carboxylic acid groups (broad SMARTS) is 1. The minimum atomic E-state index is -4.64. The lowest BCUT2D eigenvalue weighted by Gasteiger charge is -2.14. The third-order valence-electron chi connectivity index (χ3n) is 3.27. The smallest absolute Gasteiger partial charge is 0.416 e. The first-order chi connectivity index (χ1) is 9.79. The van der Waals surface area contributed by atoms with Crippen LogP contribution in [0.3, 0.4) is 0 Å². The summed E-state index contributed by atoms with van der Waals surface area (Å²) in [6, 6.07) is 2.23. The van der Waals surface area contributed by atoms with Crippen LogP contribution in [0.15, 0.2) is 18.2 Å². The molecule has 0 aromatic heterocycles. The van der Waals surface area contributed by atoms with Crippen molar-refractivity contribution in [3.8, 4) is 0 Å². The Bertz CT molecular complexity index is 566. The van der Waals surface area contributed by atoms with Gasteiger partial charge in [-0.1, -0.05) is 0 Å². The van der Waals surface area contributed by atoms with Crippen LogP contribution in [0.2, 0.25) is 0 Å². The Hall–Kier alpha value is -2.09. The van der Waals surface area contributed by atoms with Gasteiger partial charge in [-0.05, 0) is 31.2 Å². The van der Waals surface area contributed by atoms with Crippen molar-refractivity contribution in [1.82, 2.24) is 5.32 Å². The first kappa shape index (κ1) is 15.3. The number of carboxylic acids is 1. The van der Waals surface area contributed by atoms with Crippen LogP contribution in [-0.4, -0.2) is 30.1 Å². The van der Waals surface area contributed by atoms with E-state index in [1.807, 2.05) is 0 Å². The van der Waals surface area contributed by atoms with Crippen LogP contribution in [0.5, 0.6) is 0 Å². The topological polar surface area (TPSA) is 78.4 Å². The second-order valence-corrected chi connectivity index (χ2v) is 4.74. The van der Waals surface area contributed by atoms with E-state index in [0.29, 0.717) is 25.6 Å². The van der Waals surface area contributed by atoms with Crippen LogP contribution >= 0.6 is 0 Å². The van der Waals surface area contributed by atoms with Crippen LogP contribution in [0.25, 0.3) is 0 Å². The summed E-state index contributed by atoms with van der Waals surface area (Å²) < 4.78 is 37.7. The first-order valence-corrected chi connectivity index (χ1v) is 6.25. The lowest BCUT2D eigenvalue weighted by molar-refractivity contribution is -0.137. The van der Waals surface area contributed by atoms with Crippen molar-refractivity contribution < 1.29 is 27.9 Å². The van der Waals surface area contributed by atoms with Gasteiger partial charge in [0.2, 0.25) is 5.91 Å². The van der Waals surface area contributed by atoms with Gasteiger partial charge in [0, 0.05) is 6.54 Å². The van der Waals surface area contributed by atoms with Crippen molar-refractivity contribution >= 4 is 17.6 Å². The predicted octanol–water partition coefficient (Wildman–Crippen LogP) is 1.95. The second kappa shape index (κ2) is 5.72. The summed E-state index contributed by atoms with van der Waals surface area (Å²) in [6.45, 7) is 1.14. The maximum Gasteiger partial charge on any atom is 0.416 e. The highest BCUT2D eigenvalue weighted by atomic mass is 19.4. The lowest BCUT2D eigenvalue weighted by Crippen LogP contribution is -2.25. The minimum Gasteiger partial charge on any atom is -0.478 e. The van der Waals surface area contributed by atoms with Crippen molar-refractivity contribution in [2.75, 3.05) is 18.4 Å². The molecule has 0 spiro atoms. The van der Waals surface area contributed by atoms with Gasteiger partial charge >= 0.3 is 12.1 Å². The van der Waals surface area contributed by atoms with Crippen LogP contribution < -0.4 is 10.6 Å². The quantitative estimate of drug-likeness (QED) is 0.797. The van der Waals surface area contributed by atoms with Gasteiger partial charge in [0.15, 0.2) is 0 Å². The van der Waals surface area contributed by atoms with E-state index in [0.717, 1.165) is 12.1 Å². The molecular weight excluding hydrogens is 289 g/mol. The van der Waals surface area contributed by atoms with Gasteiger partial charge in [-0.3, -0.25) is 4.79 Å². The number of rotatable bonds is 3. The van der Waals surface area contributed by atoms with E-state index in [4.69, 9.17) is 5.11 Å². The highest BCUT2D eigenvalue weighted by Gasteiger charge is 2.32. The SMILES string of the molecule is O=C(O)c1cc(C(F)(F)F)ccc1NC(=O)C1CCNC1. The summed E-state index contributed by atoms with van der Waals surface area (Å²) in [6.07, 6.45) is -4.03. The third kappa shape index (κ3) is 3.52. The zero-order valence-electron chi connectivity index (χ0n) is 10.8. The number of halogens is 3. The highest BCUT2D eigenvalue weighted by Crippen LogP contribution is 2.32. The molecule has 5 nitrogen and oxygen atoms in total. The van der Waals surface area contributed by atoms with Gasteiger partial charge in [-0.2, -0.15) is 13.2 Å². The first-order valence-electron chi connectivity index (χ1n) is 6.25. The molecule has 2 rings (SSSR count). The van der Waals surface area contributed by atoms with Crippen molar-refractivity contribution in [1.29, 1.82) is 0 Å². The number of alkyl halides is 3. The van der Waals surface area contributed by atoms with E-state index in [2.05, 4.69) is 10.6 Å². The van der Waals surface area contributed by atoms with Crippen LogP contribution in [0, 0.1) is 5.92 Å². The van der Waals surface area contributed by atoms with E-state index in [1.165, 1.54) is 0 Å². The number of hydrogen-bond donors (Lipinski definition) is 3. The molecule has 1 unspecified atom stereocenters. The molecule has 114 valence electrons. The molecule has 0 bridgehead atoms. The zero-order chi connectivity index (χ0) is 15.6. The standard InChI is InChI=1S/C13H13F3N2O3/c14-13(15,16)8-1-2-10(9(5-8)12(20)21)18-11(19)7-3-4-17-6-7/h1-2,5,7,17H,3-4,6H2,(H,18,19)(H,20,21). The molecule has 1 aliphatic heterocycles. The molecule has 1 aliphatic rings. The molecule has 21 heavy (non-hydrogen) atoms. The van der Waals surface area contributed by atoms with Gasteiger partial charge in [0.25, 0.3) is 0 Å². The Labute approximate surface area is 118 Å². The number of amides is 1. The van der Waals surface area contributed by atoms with Crippen LogP contribution in [0.4, 0.5) is 18.9 Å². The average molecular weight is 302 g/mol. The Morgan fingerprint density at radius 1 is 1.33 bits per heavy atom. The molecular formula is C13H13F3N2O3. The van der Waals surface area contributed by atoms with Crippen LogP contribution in [-0.2, 0) is 11.0 Å². The molecule has 1 fully saturated rings. The molecule has 1 aromatic rings. The number of benzene rings is 1. The fourth-order valence-electron chi connectivity index (χ4n) is 2.12. The summed E-state index contributed by atoms with van der Waals surface area (Å²) in [7, 11) is 0. The zero-order valence-corrected chi connectivity index (χ0v) is 10.8. The van der Waals surface area contributed by atoms with Gasteiger partial charge in [0.1, 0.15) is 0 Å². The number of carbonyl (C=O) groups is 2. The van der Waals surface area contributed by atoms with Gasteiger partial charge in [-0.15, -0.1) is 0 Å². The largest absolute Gasteiger partial charge is 0.478 e. The maximum absolute atomic E-state index is 12.6. The van der Waals surface area contributed by atoms with E-state index < -0.39 is 29.2 Å². The Morgan fingerprint density at radius 2 is 2.05 bits per heavy atom. The molecule has 1 atom stereocenters. The van der Waals surface area contributed by atoms with Gasteiger partial charge < -0.3 is 15.7 Å². The normalized spacial score (nSPS) is 18.5. The summed E-state index contributed by atoms with van der Waals surface area (Å²) in [5.74, 6) is -2.24. The van der Waals surface area contributed by atoms with Crippen molar-refractivity contribution in [2.45, 2.75) is 12.6 Å². The summed E-state index contributed by atoms with van der Waals surface area (Å²) in [5.41, 5.74) is -1.78. The number of hydrogen-bond acceptors (Lipinski definition) is 3. The molecule has 0 aliphatic carbocycles. The fraction of sp³-hybridized carbons (Fsp3) is 0.385. The number of carbonyl (C=O) groups excluding carboxylic acids is 1. The average Bonchev–Trinajstić information content (AvgIpc) is 2.91. The van der Waals surface area contributed by atoms with Crippen molar-refractivity contribution in [3.05, 3.63) is 29.3 Å². The van der Waals surface area contributed by atoms with Gasteiger partial charge in [0.05, 0.1) is 22.7 Å². The Balaban J connectivity index is 2.26. The molecule has 1 saturated heterocycles. The fourth-order valence-corrected chi connectivity index (χ4v) is 2.12. The Morgan fingerprint density at radius 3 is 2.57 bits per heavy atom. The summed E-state index contributed by atoms with van der Waals surface area (Å²) >= 11 is 0. The van der Waals surface area contributed by atoms with Crippen molar-refractivity contribution in [2.24, 2.45) is 5.92 Å². The molecule has 1 aromatic carbocycles. The van der Waals surface area contributed by atoms with Crippen molar-refractivity contribution in [3.63, 3.8) is 0 Å². The third-order valence-corrected chi connectivity index (χ3v) is 3.27.